The number of hydrogen-bond donors (Lipinski definition) is 1. The SMILES string of the molecule is CCOC1=N[C@H]2Nc3ccccc3N(C)[C@H]2[C@@H]1c1ccc([N+](=O)[O-])cc1. The van der Waals surface area contributed by atoms with Crippen LogP contribution in [0.3, 0.4) is 0 Å². The molecule has 7 heteroatoms. The largest absolute Gasteiger partial charge is 0.481 e. The fraction of sp³-hybridized carbons (Fsp3) is 0.316. The van der Waals surface area contributed by atoms with Gasteiger partial charge in [0.05, 0.1) is 34.9 Å². The second-order valence-electron chi connectivity index (χ2n) is 6.43. The summed E-state index contributed by atoms with van der Waals surface area (Å²) in [5, 5.41) is 14.4. The van der Waals surface area contributed by atoms with Crippen molar-refractivity contribution in [3.8, 4) is 0 Å². The number of non-ortho nitro benzene ring substituents is 1. The molecule has 134 valence electrons. The van der Waals surface area contributed by atoms with Crippen LogP contribution in [-0.2, 0) is 4.74 Å². The Labute approximate surface area is 151 Å². The van der Waals surface area contributed by atoms with Crippen LogP contribution in [0.25, 0.3) is 0 Å². The number of nitrogens with one attached hydrogen (secondary N) is 1. The summed E-state index contributed by atoms with van der Waals surface area (Å²) in [6.07, 6.45) is -0.128. The standard InChI is InChI=1S/C19H20N4O3/c1-3-26-19-16(12-8-10-13(11-9-12)23(24)25)17-18(21-19)20-14-6-4-5-7-15(14)22(17)2/h4-11,16-18,20H,3H2,1-2H3/t16-,17-,18+/m0/s1. The molecule has 0 fully saturated rings. The molecule has 0 radical (unpaired) electrons. The van der Waals surface area contributed by atoms with Gasteiger partial charge < -0.3 is 15.0 Å². The minimum Gasteiger partial charge on any atom is -0.481 e. The summed E-state index contributed by atoms with van der Waals surface area (Å²) >= 11 is 0. The van der Waals surface area contributed by atoms with Crippen LogP contribution in [0.1, 0.15) is 18.4 Å². The van der Waals surface area contributed by atoms with Gasteiger partial charge in [-0.25, -0.2) is 4.99 Å². The minimum absolute atomic E-state index is 0.0351. The third-order valence-electron chi connectivity index (χ3n) is 4.99. The predicted molar refractivity (Wildman–Crippen MR) is 101 cm³/mol. The van der Waals surface area contributed by atoms with E-state index >= 15 is 0 Å². The van der Waals surface area contributed by atoms with Crippen LogP contribution in [0.2, 0.25) is 0 Å². The fourth-order valence-corrected chi connectivity index (χ4v) is 3.82. The van der Waals surface area contributed by atoms with Gasteiger partial charge in [-0.1, -0.05) is 24.3 Å². The maximum Gasteiger partial charge on any atom is 0.269 e. The maximum absolute atomic E-state index is 11.0. The average molecular weight is 352 g/mol. The first kappa shape index (κ1) is 16.4. The third kappa shape index (κ3) is 2.56. The molecule has 0 aromatic heterocycles. The summed E-state index contributed by atoms with van der Waals surface area (Å²) in [5.41, 5.74) is 3.19. The Hall–Kier alpha value is -3.09. The molecule has 0 bridgehead atoms. The van der Waals surface area contributed by atoms with Gasteiger partial charge in [-0.2, -0.15) is 0 Å². The molecule has 0 saturated carbocycles. The molecule has 4 rings (SSSR count). The summed E-state index contributed by atoms with van der Waals surface area (Å²) in [6.45, 7) is 2.46. The van der Waals surface area contributed by atoms with E-state index in [1.54, 1.807) is 12.1 Å². The van der Waals surface area contributed by atoms with E-state index in [4.69, 9.17) is 9.73 Å². The van der Waals surface area contributed by atoms with Crippen molar-refractivity contribution in [1.82, 2.24) is 0 Å². The van der Waals surface area contributed by atoms with Gasteiger partial charge in [0.2, 0.25) is 0 Å². The molecule has 0 amide bonds. The van der Waals surface area contributed by atoms with Gasteiger partial charge in [0.25, 0.3) is 5.69 Å². The number of hydrogen-bond acceptors (Lipinski definition) is 6. The van der Waals surface area contributed by atoms with E-state index in [1.165, 1.54) is 12.1 Å². The van der Waals surface area contributed by atoms with Crippen molar-refractivity contribution in [3.05, 3.63) is 64.2 Å². The van der Waals surface area contributed by atoms with Gasteiger partial charge in [-0.05, 0) is 24.6 Å². The first-order valence-corrected chi connectivity index (χ1v) is 8.63. The first-order chi connectivity index (χ1) is 12.6. The van der Waals surface area contributed by atoms with E-state index in [0.29, 0.717) is 12.5 Å². The van der Waals surface area contributed by atoms with Crippen LogP contribution in [-0.4, -0.2) is 36.7 Å². The number of nitro groups is 1. The molecule has 2 aliphatic rings. The monoisotopic (exact) mass is 352 g/mol. The van der Waals surface area contributed by atoms with E-state index in [-0.39, 0.29) is 28.7 Å². The Morgan fingerprint density at radius 2 is 1.96 bits per heavy atom. The number of para-hydroxylation sites is 2. The van der Waals surface area contributed by atoms with Crippen LogP contribution in [0.4, 0.5) is 17.1 Å². The van der Waals surface area contributed by atoms with Gasteiger partial charge in [0.15, 0.2) is 5.90 Å². The molecule has 2 heterocycles. The lowest BCUT2D eigenvalue weighted by Gasteiger charge is -2.40. The van der Waals surface area contributed by atoms with Crippen molar-refractivity contribution in [2.75, 3.05) is 23.9 Å². The van der Waals surface area contributed by atoms with Crippen molar-refractivity contribution < 1.29 is 9.66 Å². The molecule has 1 N–H and O–H groups in total. The van der Waals surface area contributed by atoms with Crippen LogP contribution >= 0.6 is 0 Å². The van der Waals surface area contributed by atoms with Gasteiger partial charge in [0, 0.05) is 19.2 Å². The average Bonchev–Trinajstić information content (AvgIpc) is 3.00. The highest BCUT2D eigenvalue weighted by atomic mass is 16.6. The minimum atomic E-state index is -0.386. The summed E-state index contributed by atoms with van der Waals surface area (Å²) in [6, 6.07) is 14.8. The van der Waals surface area contributed by atoms with Crippen molar-refractivity contribution in [2.24, 2.45) is 4.99 Å². The Morgan fingerprint density at radius 1 is 1.23 bits per heavy atom. The lowest BCUT2D eigenvalue weighted by molar-refractivity contribution is -0.384. The maximum atomic E-state index is 11.0. The number of aliphatic imine (C=N–C) groups is 1. The highest BCUT2D eigenvalue weighted by Gasteiger charge is 2.46. The topological polar surface area (TPSA) is 80.0 Å². The highest BCUT2D eigenvalue weighted by Crippen LogP contribution is 2.42. The Bertz CT molecular complexity index is 865. The van der Waals surface area contributed by atoms with E-state index in [9.17, 15) is 10.1 Å². The molecule has 0 unspecified atom stereocenters. The van der Waals surface area contributed by atoms with Gasteiger partial charge in [0.1, 0.15) is 6.17 Å². The molecule has 3 atom stereocenters. The molecule has 7 nitrogen and oxygen atoms in total. The quantitative estimate of drug-likeness (QED) is 0.676. The number of rotatable bonds is 3. The zero-order valence-electron chi connectivity index (χ0n) is 14.6. The smallest absolute Gasteiger partial charge is 0.269 e. The second-order valence-corrected chi connectivity index (χ2v) is 6.43. The van der Waals surface area contributed by atoms with Gasteiger partial charge in [-0.3, -0.25) is 10.1 Å². The summed E-state index contributed by atoms with van der Waals surface area (Å²) in [4.78, 5) is 17.6. The lowest BCUT2D eigenvalue weighted by Crippen LogP contribution is -2.49. The highest BCUT2D eigenvalue weighted by molar-refractivity contribution is 5.90. The Morgan fingerprint density at radius 3 is 2.65 bits per heavy atom. The van der Waals surface area contributed by atoms with Crippen molar-refractivity contribution in [2.45, 2.75) is 25.0 Å². The fourth-order valence-electron chi connectivity index (χ4n) is 3.82. The van der Waals surface area contributed by atoms with Gasteiger partial charge >= 0.3 is 0 Å². The predicted octanol–water partition coefficient (Wildman–Crippen LogP) is 3.38. The first-order valence-electron chi connectivity index (χ1n) is 8.63. The van der Waals surface area contributed by atoms with Crippen LogP contribution in [0.15, 0.2) is 53.5 Å². The number of nitrogens with zero attached hydrogens (tertiary/aromatic N) is 3. The molecule has 2 aromatic carbocycles. The third-order valence-corrected chi connectivity index (χ3v) is 4.99. The normalized spacial score (nSPS) is 23.5. The second kappa shape index (κ2) is 6.33. The summed E-state index contributed by atoms with van der Waals surface area (Å²) in [7, 11) is 2.06. The Balaban J connectivity index is 1.74. The van der Waals surface area contributed by atoms with Crippen molar-refractivity contribution in [3.63, 3.8) is 0 Å². The number of anilines is 2. The van der Waals surface area contributed by atoms with E-state index < -0.39 is 0 Å². The van der Waals surface area contributed by atoms with E-state index in [1.807, 2.05) is 25.1 Å². The lowest BCUT2D eigenvalue weighted by atomic mass is 9.89. The van der Waals surface area contributed by atoms with Crippen LogP contribution in [0.5, 0.6) is 0 Å². The molecule has 0 aliphatic carbocycles. The molecular weight excluding hydrogens is 332 g/mol. The molecule has 2 aromatic rings. The number of nitro benzene ring substituents is 1. The number of fused-ring (bicyclic) bond motifs is 2. The molecular formula is C19H20N4O3. The van der Waals surface area contributed by atoms with E-state index in [2.05, 4.69) is 23.3 Å². The Kier molecular flexibility index (Phi) is 3.99. The summed E-state index contributed by atoms with van der Waals surface area (Å²) in [5.74, 6) is 0.579. The summed E-state index contributed by atoms with van der Waals surface area (Å²) < 4.78 is 5.84. The number of benzene rings is 2. The molecule has 0 saturated heterocycles. The van der Waals surface area contributed by atoms with Crippen molar-refractivity contribution >= 4 is 23.0 Å². The zero-order chi connectivity index (χ0) is 18.3. The molecule has 26 heavy (non-hydrogen) atoms. The zero-order valence-corrected chi connectivity index (χ0v) is 14.6. The number of likely N-dealkylation sites (N-methyl/N-ethyl adjacent to an activating group) is 1. The number of ether oxygens (including phenoxy) is 1. The van der Waals surface area contributed by atoms with Crippen LogP contribution < -0.4 is 10.2 Å². The molecule has 2 aliphatic heterocycles. The van der Waals surface area contributed by atoms with Crippen molar-refractivity contribution in [1.29, 1.82) is 0 Å². The molecule has 0 spiro atoms. The van der Waals surface area contributed by atoms with Gasteiger partial charge in [-0.15, -0.1) is 0 Å². The van der Waals surface area contributed by atoms with E-state index in [0.717, 1.165) is 16.9 Å². The van der Waals surface area contributed by atoms with Crippen LogP contribution in [0, 0.1) is 10.1 Å².